The van der Waals surface area contributed by atoms with Crippen molar-refractivity contribution in [2.45, 2.75) is 12.8 Å². The van der Waals surface area contributed by atoms with E-state index in [1.165, 1.54) is 11.3 Å². The van der Waals surface area contributed by atoms with Gasteiger partial charge in [0.1, 0.15) is 5.01 Å². The second-order valence-electron chi connectivity index (χ2n) is 3.69. The highest BCUT2D eigenvalue weighted by atomic mass is 35.5. The minimum Gasteiger partial charge on any atom is -0.241 e. The van der Waals surface area contributed by atoms with Gasteiger partial charge in [0.2, 0.25) is 0 Å². The van der Waals surface area contributed by atoms with Gasteiger partial charge in [-0.3, -0.25) is 0 Å². The van der Waals surface area contributed by atoms with Crippen LogP contribution < -0.4 is 0 Å². The van der Waals surface area contributed by atoms with Crippen molar-refractivity contribution in [3.05, 3.63) is 40.7 Å². The lowest BCUT2D eigenvalue weighted by Crippen LogP contribution is -1.92. The average molecular weight is 292 g/mol. The molecule has 0 amide bonds. The molecule has 96 valence electrons. The molecule has 0 aliphatic heterocycles. The first-order chi connectivity index (χ1) is 8.61. The third-order valence-corrected chi connectivity index (χ3v) is 3.56. The molecule has 2 aromatic rings. The number of hydrogen-bond acceptors (Lipinski definition) is 2. The van der Waals surface area contributed by atoms with Crippen molar-refractivity contribution < 1.29 is 13.2 Å². The summed E-state index contributed by atoms with van der Waals surface area (Å²) in [7, 11) is 0. The zero-order valence-electron chi connectivity index (χ0n) is 9.22. The van der Waals surface area contributed by atoms with Crippen LogP contribution in [0, 0.1) is 17.5 Å². The predicted molar refractivity (Wildman–Crippen MR) is 66.5 cm³/mol. The summed E-state index contributed by atoms with van der Waals surface area (Å²) in [5.74, 6) is -3.34. The molecule has 0 spiro atoms. The second kappa shape index (κ2) is 5.71. The van der Waals surface area contributed by atoms with Gasteiger partial charge in [0.25, 0.3) is 0 Å². The first kappa shape index (κ1) is 13.4. The summed E-state index contributed by atoms with van der Waals surface area (Å²) in [6.07, 6.45) is 1.50. The van der Waals surface area contributed by atoms with Gasteiger partial charge in [-0.1, -0.05) is 0 Å². The maximum absolute atomic E-state index is 13.1. The van der Waals surface area contributed by atoms with Crippen molar-refractivity contribution in [3.8, 4) is 10.6 Å². The van der Waals surface area contributed by atoms with E-state index in [0.29, 0.717) is 17.3 Å². The molecule has 1 aromatic heterocycles. The fraction of sp³-hybridized carbons (Fsp3) is 0.250. The maximum Gasteiger partial charge on any atom is 0.194 e. The number of nitrogens with zero attached hydrogens (tertiary/aromatic N) is 1. The summed E-state index contributed by atoms with van der Waals surface area (Å²) in [4.78, 5) is 4.23. The number of alkyl halides is 1. The van der Waals surface area contributed by atoms with Crippen molar-refractivity contribution in [2.24, 2.45) is 0 Å². The van der Waals surface area contributed by atoms with Crippen LogP contribution in [-0.2, 0) is 6.42 Å². The molecule has 1 nitrogen and oxygen atoms in total. The van der Waals surface area contributed by atoms with E-state index in [4.69, 9.17) is 11.6 Å². The maximum atomic E-state index is 13.1. The molecule has 18 heavy (non-hydrogen) atoms. The number of halogens is 4. The Morgan fingerprint density at radius 2 is 1.83 bits per heavy atom. The van der Waals surface area contributed by atoms with Crippen molar-refractivity contribution in [1.82, 2.24) is 4.98 Å². The number of hydrogen-bond donors (Lipinski definition) is 0. The summed E-state index contributed by atoms with van der Waals surface area (Å²) in [6, 6.07) is 1.89. The Hall–Kier alpha value is -1.07. The largest absolute Gasteiger partial charge is 0.241 e. The highest BCUT2D eigenvalue weighted by Gasteiger charge is 2.13. The number of aryl methyl sites for hydroxylation is 1. The Morgan fingerprint density at radius 1 is 1.17 bits per heavy atom. The molecule has 0 bridgehead atoms. The lowest BCUT2D eigenvalue weighted by molar-refractivity contribution is 0.447. The number of aromatic nitrogens is 1. The van der Waals surface area contributed by atoms with Gasteiger partial charge in [0, 0.05) is 16.8 Å². The van der Waals surface area contributed by atoms with Gasteiger partial charge in [-0.05, 0) is 25.0 Å². The minimum atomic E-state index is -1.46. The quantitative estimate of drug-likeness (QED) is 0.601. The Labute approximate surface area is 111 Å². The van der Waals surface area contributed by atoms with E-state index >= 15 is 0 Å². The third-order valence-electron chi connectivity index (χ3n) is 2.35. The molecule has 0 aliphatic carbocycles. The third kappa shape index (κ3) is 2.84. The van der Waals surface area contributed by atoms with Crippen LogP contribution in [0.25, 0.3) is 10.6 Å². The predicted octanol–water partition coefficient (Wildman–Crippen LogP) is 4.40. The molecular weight excluding hydrogens is 283 g/mol. The lowest BCUT2D eigenvalue weighted by Gasteiger charge is -1.99. The van der Waals surface area contributed by atoms with Gasteiger partial charge in [-0.25, -0.2) is 18.2 Å². The highest BCUT2D eigenvalue weighted by Crippen LogP contribution is 2.27. The zero-order valence-corrected chi connectivity index (χ0v) is 10.8. The Kier molecular flexibility index (Phi) is 4.24. The van der Waals surface area contributed by atoms with E-state index in [9.17, 15) is 13.2 Å². The van der Waals surface area contributed by atoms with E-state index in [1.54, 1.807) is 5.38 Å². The Bertz CT molecular complexity index is 533. The molecule has 0 radical (unpaired) electrons. The van der Waals surface area contributed by atoms with Crippen molar-refractivity contribution in [2.75, 3.05) is 5.88 Å². The second-order valence-corrected chi connectivity index (χ2v) is 4.93. The molecule has 2 rings (SSSR count). The zero-order chi connectivity index (χ0) is 13.1. The molecule has 6 heteroatoms. The fourth-order valence-electron chi connectivity index (χ4n) is 1.48. The van der Waals surface area contributed by atoms with E-state index in [1.807, 2.05) is 0 Å². The summed E-state index contributed by atoms with van der Waals surface area (Å²) >= 11 is 6.84. The molecule has 0 fully saturated rings. The van der Waals surface area contributed by atoms with Crippen LogP contribution in [0.4, 0.5) is 13.2 Å². The molecule has 0 atom stereocenters. The van der Waals surface area contributed by atoms with Crippen LogP contribution in [0.15, 0.2) is 17.5 Å². The van der Waals surface area contributed by atoms with Gasteiger partial charge < -0.3 is 0 Å². The van der Waals surface area contributed by atoms with Crippen LogP contribution in [0.2, 0.25) is 0 Å². The minimum absolute atomic E-state index is 0.244. The molecule has 1 heterocycles. The smallest absolute Gasteiger partial charge is 0.194 e. The van der Waals surface area contributed by atoms with Crippen LogP contribution in [-0.4, -0.2) is 10.9 Å². The van der Waals surface area contributed by atoms with Gasteiger partial charge in [-0.15, -0.1) is 22.9 Å². The summed E-state index contributed by atoms with van der Waals surface area (Å²) in [5.41, 5.74) is 1.06. The topological polar surface area (TPSA) is 12.9 Å². The highest BCUT2D eigenvalue weighted by molar-refractivity contribution is 7.13. The Balaban J connectivity index is 2.28. The molecule has 0 unspecified atom stereocenters. The normalized spacial score (nSPS) is 10.9. The number of thiazole rings is 1. The monoisotopic (exact) mass is 291 g/mol. The average Bonchev–Trinajstić information content (AvgIpc) is 2.81. The Morgan fingerprint density at radius 3 is 2.44 bits per heavy atom. The van der Waals surface area contributed by atoms with Gasteiger partial charge in [0.15, 0.2) is 17.5 Å². The van der Waals surface area contributed by atoms with Gasteiger partial charge in [0.05, 0.1) is 5.69 Å². The first-order valence-corrected chi connectivity index (χ1v) is 6.68. The van der Waals surface area contributed by atoms with E-state index < -0.39 is 17.5 Å². The van der Waals surface area contributed by atoms with Crippen molar-refractivity contribution in [3.63, 3.8) is 0 Å². The van der Waals surface area contributed by atoms with Gasteiger partial charge in [-0.2, -0.15) is 0 Å². The molecule has 1 aromatic carbocycles. The fourth-order valence-corrected chi connectivity index (χ4v) is 2.46. The molecular formula is C12H9ClF3NS. The molecule has 0 N–H and O–H groups in total. The van der Waals surface area contributed by atoms with Crippen molar-refractivity contribution >= 4 is 22.9 Å². The van der Waals surface area contributed by atoms with Crippen LogP contribution in [0.1, 0.15) is 12.1 Å². The van der Waals surface area contributed by atoms with Crippen LogP contribution >= 0.6 is 22.9 Å². The molecule has 0 saturated carbocycles. The molecule has 0 aliphatic rings. The van der Waals surface area contributed by atoms with E-state index in [0.717, 1.165) is 24.2 Å². The molecule has 0 saturated heterocycles. The van der Waals surface area contributed by atoms with E-state index in [-0.39, 0.29) is 5.56 Å². The summed E-state index contributed by atoms with van der Waals surface area (Å²) < 4.78 is 39.0. The van der Waals surface area contributed by atoms with Crippen LogP contribution in [0.5, 0.6) is 0 Å². The summed E-state index contributed by atoms with van der Waals surface area (Å²) in [5, 5.41) is 2.28. The number of rotatable bonds is 4. The van der Waals surface area contributed by atoms with Crippen molar-refractivity contribution in [1.29, 1.82) is 0 Å². The number of benzene rings is 1. The lowest BCUT2D eigenvalue weighted by atomic mass is 10.2. The first-order valence-electron chi connectivity index (χ1n) is 5.27. The van der Waals surface area contributed by atoms with Crippen LogP contribution in [0.3, 0.4) is 0 Å². The van der Waals surface area contributed by atoms with E-state index in [2.05, 4.69) is 4.98 Å². The summed E-state index contributed by atoms with van der Waals surface area (Å²) in [6.45, 7) is 0. The van der Waals surface area contributed by atoms with Gasteiger partial charge >= 0.3 is 0 Å². The standard InChI is InChI=1S/C12H9ClF3NS/c13-3-1-2-8-6-18-12(17-8)7-4-9(14)11(16)10(15)5-7/h4-6H,1-3H2. The SMILES string of the molecule is Fc1cc(-c2nc(CCCCl)cs2)cc(F)c1F.